The van der Waals surface area contributed by atoms with Crippen LogP contribution in [0.2, 0.25) is 0 Å². The molecular formula is C15H13NO3S. The highest BCUT2D eigenvalue weighted by atomic mass is 32.1. The number of fused-ring (bicyclic) bond motifs is 3. The van der Waals surface area contributed by atoms with Crippen molar-refractivity contribution in [3.05, 3.63) is 34.8 Å². The minimum absolute atomic E-state index is 0.0480. The van der Waals surface area contributed by atoms with Crippen molar-refractivity contribution in [2.24, 2.45) is 0 Å². The van der Waals surface area contributed by atoms with Gasteiger partial charge in [-0.05, 0) is 12.0 Å². The number of ether oxygens (including phenoxy) is 1. The summed E-state index contributed by atoms with van der Waals surface area (Å²) in [5, 5.41) is 11.7. The van der Waals surface area contributed by atoms with Crippen LogP contribution in [-0.2, 0) is 11.2 Å². The standard InChI is InChI=1S/C15H13NO3S/c1-3-8-5-4-6-9-11(8)16-7-10-12(17)14(15(18)19-2)20-13(9)10/h4-7,17H,3H2,1-2H3. The van der Waals surface area contributed by atoms with Crippen LogP contribution in [0.3, 0.4) is 0 Å². The van der Waals surface area contributed by atoms with Crippen molar-refractivity contribution in [1.29, 1.82) is 0 Å². The molecule has 0 saturated heterocycles. The number of benzene rings is 1. The lowest BCUT2D eigenvalue weighted by Crippen LogP contribution is -1.97. The van der Waals surface area contributed by atoms with E-state index in [1.54, 1.807) is 6.20 Å². The van der Waals surface area contributed by atoms with Gasteiger partial charge in [-0.15, -0.1) is 11.3 Å². The van der Waals surface area contributed by atoms with E-state index in [4.69, 9.17) is 4.74 Å². The molecule has 0 unspecified atom stereocenters. The molecule has 3 rings (SSSR count). The number of esters is 1. The summed E-state index contributed by atoms with van der Waals surface area (Å²) in [6, 6.07) is 5.97. The van der Waals surface area contributed by atoms with Crippen LogP contribution in [0.5, 0.6) is 5.75 Å². The molecule has 2 aromatic heterocycles. The number of nitrogens with zero attached hydrogens (tertiary/aromatic N) is 1. The van der Waals surface area contributed by atoms with Gasteiger partial charge in [-0.3, -0.25) is 4.98 Å². The second kappa shape index (κ2) is 4.76. The van der Waals surface area contributed by atoms with Gasteiger partial charge in [0.1, 0.15) is 5.75 Å². The lowest BCUT2D eigenvalue weighted by molar-refractivity contribution is 0.0603. The van der Waals surface area contributed by atoms with Crippen molar-refractivity contribution in [2.45, 2.75) is 13.3 Å². The molecule has 0 aliphatic rings. The summed E-state index contributed by atoms with van der Waals surface area (Å²) < 4.78 is 5.56. The molecule has 4 nitrogen and oxygen atoms in total. The van der Waals surface area contributed by atoms with E-state index >= 15 is 0 Å². The fraction of sp³-hybridized carbons (Fsp3) is 0.200. The maximum Gasteiger partial charge on any atom is 0.351 e. The third-order valence-electron chi connectivity index (χ3n) is 3.36. The summed E-state index contributed by atoms with van der Waals surface area (Å²) in [7, 11) is 1.30. The van der Waals surface area contributed by atoms with Crippen molar-refractivity contribution < 1.29 is 14.6 Å². The van der Waals surface area contributed by atoms with Gasteiger partial charge in [0, 0.05) is 16.3 Å². The summed E-state index contributed by atoms with van der Waals surface area (Å²) in [5.74, 6) is -0.573. The van der Waals surface area contributed by atoms with Gasteiger partial charge in [-0.25, -0.2) is 4.79 Å². The Morgan fingerprint density at radius 3 is 2.90 bits per heavy atom. The van der Waals surface area contributed by atoms with Gasteiger partial charge in [-0.2, -0.15) is 0 Å². The van der Waals surface area contributed by atoms with E-state index in [1.807, 2.05) is 18.2 Å². The Labute approximate surface area is 119 Å². The van der Waals surface area contributed by atoms with Gasteiger partial charge in [0.15, 0.2) is 4.88 Å². The molecule has 1 aromatic carbocycles. The first-order valence-electron chi connectivity index (χ1n) is 6.27. The van der Waals surface area contributed by atoms with E-state index in [9.17, 15) is 9.90 Å². The smallest absolute Gasteiger partial charge is 0.351 e. The highest BCUT2D eigenvalue weighted by Gasteiger charge is 2.20. The first-order chi connectivity index (χ1) is 9.67. The highest BCUT2D eigenvalue weighted by molar-refractivity contribution is 7.22. The molecule has 0 bridgehead atoms. The van der Waals surface area contributed by atoms with Gasteiger partial charge in [-0.1, -0.05) is 25.1 Å². The van der Waals surface area contributed by atoms with Crippen molar-refractivity contribution in [1.82, 2.24) is 4.98 Å². The Morgan fingerprint density at radius 2 is 2.20 bits per heavy atom. The zero-order valence-electron chi connectivity index (χ0n) is 11.1. The average Bonchev–Trinajstić information content (AvgIpc) is 2.83. The van der Waals surface area contributed by atoms with Crippen LogP contribution < -0.4 is 0 Å². The Balaban J connectivity index is 2.40. The fourth-order valence-corrected chi connectivity index (χ4v) is 3.44. The van der Waals surface area contributed by atoms with E-state index in [0.717, 1.165) is 27.6 Å². The molecule has 102 valence electrons. The van der Waals surface area contributed by atoms with Crippen molar-refractivity contribution in [3.63, 3.8) is 0 Å². The van der Waals surface area contributed by atoms with Gasteiger partial charge in [0.2, 0.25) is 0 Å². The number of rotatable bonds is 2. The Hall–Kier alpha value is -2.14. The molecular weight excluding hydrogens is 274 g/mol. The number of carbonyl (C=O) groups is 1. The molecule has 0 spiro atoms. The largest absolute Gasteiger partial charge is 0.505 e. The minimum atomic E-state index is -0.525. The fourth-order valence-electron chi connectivity index (χ4n) is 2.33. The van der Waals surface area contributed by atoms with Gasteiger partial charge >= 0.3 is 5.97 Å². The van der Waals surface area contributed by atoms with Crippen LogP contribution in [-0.4, -0.2) is 23.2 Å². The number of pyridine rings is 1. The molecule has 1 N–H and O–H groups in total. The molecule has 0 saturated carbocycles. The van der Waals surface area contributed by atoms with Crippen LogP contribution in [0.4, 0.5) is 0 Å². The van der Waals surface area contributed by atoms with Crippen LogP contribution in [0.15, 0.2) is 24.4 Å². The van der Waals surface area contributed by atoms with Gasteiger partial charge < -0.3 is 9.84 Å². The van der Waals surface area contributed by atoms with Crippen LogP contribution in [0.1, 0.15) is 22.2 Å². The van der Waals surface area contributed by atoms with E-state index in [0.29, 0.717) is 5.39 Å². The Morgan fingerprint density at radius 1 is 1.40 bits per heavy atom. The highest BCUT2D eigenvalue weighted by Crippen LogP contribution is 2.40. The van der Waals surface area contributed by atoms with E-state index in [-0.39, 0.29) is 10.6 Å². The molecule has 0 atom stereocenters. The molecule has 0 aliphatic carbocycles. The van der Waals surface area contributed by atoms with Gasteiger partial charge in [0.05, 0.1) is 18.0 Å². The first-order valence-corrected chi connectivity index (χ1v) is 7.09. The van der Waals surface area contributed by atoms with Crippen LogP contribution >= 0.6 is 11.3 Å². The monoisotopic (exact) mass is 287 g/mol. The molecule has 3 aromatic rings. The van der Waals surface area contributed by atoms with Crippen molar-refractivity contribution in [2.75, 3.05) is 7.11 Å². The average molecular weight is 287 g/mol. The number of aromatic nitrogens is 1. The topological polar surface area (TPSA) is 59.4 Å². The zero-order chi connectivity index (χ0) is 14.3. The molecule has 0 radical (unpaired) electrons. The molecule has 0 amide bonds. The third kappa shape index (κ3) is 1.74. The normalized spacial score (nSPS) is 11.1. The number of methoxy groups -OCH3 is 1. The SMILES string of the molecule is CCc1cccc2c1ncc1c(O)c(C(=O)OC)sc12. The van der Waals surface area contributed by atoms with E-state index in [2.05, 4.69) is 11.9 Å². The maximum absolute atomic E-state index is 11.7. The third-order valence-corrected chi connectivity index (χ3v) is 4.57. The van der Waals surface area contributed by atoms with Crippen molar-refractivity contribution >= 4 is 38.3 Å². The molecule has 5 heteroatoms. The number of aromatic hydroxyl groups is 1. The predicted molar refractivity (Wildman–Crippen MR) is 79.5 cm³/mol. The molecule has 0 fully saturated rings. The summed E-state index contributed by atoms with van der Waals surface area (Å²) >= 11 is 1.24. The second-order valence-corrected chi connectivity index (χ2v) is 5.46. The summed E-state index contributed by atoms with van der Waals surface area (Å²) in [5.41, 5.74) is 2.07. The number of thiophene rings is 1. The van der Waals surface area contributed by atoms with Crippen LogP contribution in [0, 0.1) is 0 Å². The predicted octanol–water partition coefficient (Wildman–Crippen LogP) is 3.50. The van der Waals surface area contributed by atoms with E-state index < -0.39 is 5.97 Å². The molecule has 0 aliphatic heterocycles. The lowest BCUT2D eigenvalue weighted by atomic mass is 10.1. The molecule has 2 heterocycles. The van der Waals surface area contributed by atoms with Crippen molar-refractivity contribution in [3.8, 4) is 5.75 Å². The number of para-hydroxylation sites is 1. The number of hydrogen-bond donors (Lipinski definition) is 1. The second-order valence-electron chi connectivity index (χ2n) is 4.44. The minimum Gasteiger partial charge on any atom is -0.505 e. The summed E-state index contributed by atoms with van der Waals surface area (Å²) in [6.07, 6.45) is 2.51. The molecule has 20 heavy (non-hydrogen) atoms. The first kappa shape index (κ1) is 12.9. The Kier molecular flexibility index (Phi) is 3.06. The van der Waals surface area contributed by atoms with Gasteiger partial charge in [0.25, 0.3) is 0 Å². The number of aryl methyl sites for hydroxylation is 1. The number of hydrogen-bond acceptors (Lipinski definition) is 5. The Bertz CT molecular complexity index is 823. The quantitative estimate of drug-likeness (QED) is 0.733. The van der Waals surface area contributed by atoms with Crippen LogP contribution in [0.25, 0.3) is 21.0 Å². The lowest BCUT2D eigenvalue weighted by Gasteiger charge is -2.03. The maximum atomic E-state index is 11.7. The van der Waals surface area contributed by atoms with E-state index in [1.165, 1.54) is 18.4 Å². The number of carbonyl (C=O) groups excluding carboxylic acids is 1. The zero-order valence-corrected chi connectivity index (χ0v) is 12.0. The summed E-state index contributed by atoms with van der Waals surface area (Å²) in [4.78, 5) is 16.3. The summed E-state index contributed by atoms with van der Waals surface area (Å²) in [6.45, 7) is 2.08.